The Morgan fingerprint density at radius 2 is 1.48 bits per heavy atom. The summed E-state index contributed by atoms with van der Waals surface area (Å²) in [6.45, 7) is 8.86. The Labute approximate surface area is 141 Å². The summed E-state index contributed by atoms with van der Waals surface area (Å²) in [4.78, 5) is 11.1. The van der Waals surface area contributed by atoms with Crippen LogP contribution in [0.5, 0.6) is 0 Å². The molecule has 0 amide bonds. The number of carbonyl (C=O) groups excluding carboxylic acids is 1. The van der Waals surface area contributed by atoms with Gasteiger partial charge in [-0.05, 0) is 39.5 Å². The van der Waals surface area contributed by atoms with Gasteiger partial charge in [0.2, 0.25) is 0 Å². The minimum Gasteiger partial charge on any atom is -0.379 e. The first-order valence-electron chi connectivity index (χ1n) is 9.06. The van der Waals surface area contributed by atoms with Crippen LogP contribution in [0.4, 0.5) is 0 Å². The molecule has 1 aliphatic carbocycles. The van der Waals surface area contributed by atoms with E-state index in [0.717, 1.165) is 25.7 Å². The first-order chi connectivity index (χ1) is 11.1. The molecule has 5 heteroatoms. The number of carbonyl (C=O) groups is 1. The van der Waals surface area contributed by atoms with Crippen molar-refractivity contribution in [3.05, 3.63) is 0 Å². The van der Waals surface area contributed by atoms with E-state index in [4.69, 9.17) is 18.9 Å². The second-order valence-corrected chi connectivity index (χ2v) is 6.32. The van der Waals surface area contributed by atoms with E-state index in [1.54, 1.807) is 0 Å². The minimum absolute atomic E-state index is 0.243. The van der Waals surface area contributed by atoms with Crippen LogP contribution in [0.2, 0.25) is 0 Å². The lowest BCUT2D eigenvalue weighted by Gasteiger charge is -2.29. The summed E-state index contributed by atoms with van der Waals surface area (Å²) in [5.41, 5.74) is 0. The average Bonchev–Trinajstić information content (AvgIpc) is 2.54. The molecule has 0 aromatic carbocycles. The summed E-state index contributed by atoms with van der Waals surface area (Å²) in [6, 6.07) is 0. The second-order valence-electron chi connectivity index (χ2n) is 6.32. The number of hydrogen-bond acceptors (Lipinski definition) is 5. The van der Waals surface area contributed by atoms with E-state index in [1.807, 2.05) is 6.92 Å². The van der Waals surface area contributed by atoms with Gasteiger partial charge >= 0.3 is 0 Å². The molecule has 0 heterocycles. The highest BCUT2D eigenvalue weighted by Gasteiger charge is 2.22. The molecule has 0 spiro atoms. The number of rotatable bonds is 13. The highest BCUT2D eigenvalue weighted by Crippen LogP contribution is 2.24. The van der Waals surface area contributed by atoms with E-state index in [9.17, 15) is 4.79 Å². The van der Waals surface area contributed by atoms with Crippen LogP contribution in [-0.4, -0.2) is 57.1 Å². The molecule has 0 aromatic rings. The van der Waals surface area contributed by atoms with Crippen LogP contribution < -0.4 is 0 Å². The zero-order valence-corrected chi connectivity index (χ0v) is 15.1. The SMILES string of the molecule is CCC(=O)CCOCCOCCOC1CCC(OC(C)C)CC1. The van der Waals surface area contributed by atoms with Gasteiger partial charge in [-0.1, -0.05) is 6.92 Å². The average molecular weight is 330 g/mol. The van der Waals surface area contributed by atoms with Crippen LogP contribution in [-0.2, 0) is 23.7 Å². The van der Waals surface area contributed by atoms with Gasteiger partial charge in [0.25, 0.3) is 0 Å². The molecule has 0 N–H and O–H groups in total. The van der Waals surface area contributed by atoms with E-state index >= 15 is 0 Å². The number of Topliss-reactive ketones (excluding diaryl/α,β-unsaturated/α-hetero) is 1. The largest absolute Gasteiger partial charge is 0.379 e. The van der Waals surface area contributed by atoms with Crippen LogP contribution in [0.1, 0.15) is 59.3 Å². The fourth-order valence-electron chi connectivity index (χ4n) is 2.68. The Morgan fingerprint density at radius 1 is 0.913 bits per heavy atom. The van der Waals surface area contributed by atoms with E-state index in [2.05, 4.69) is 13.8 Å². The Hall–Kier alpha value is -0.490. The molecule has 136 valence electrons. The third-order valence-corrected chi connectivity index (χ3v) is 3.96. The summed E-state index contributed by atoms with van der Waals surface area (Å²) >= 11 is 0. The van der Waals surface area contributed by atoms with Crippen molar-refractivity contribution in [2.75, 3.05) is 33.0 Å². The van der Waals surface area contributed by atoms with Gasteiger partial charge in [0.1, 0.15) is 5.78 Å². The molecular formula is C18H34O5. The highest BCUT2D eigenvalue weighted by molar-refractivity contribution is 5.78. The van der Waals surface area contributed by atoms with Crippen LogP contribution in [0.3, 0.4) is 0 Å². The zero-order valence-electron chi connectivity index (χ0n) is 15.1. The maximum atomic E-state index is 11.1. The van der Waals surface area contributed by atoms with Crippen molar-refractivity contribution < 1.29 is 23.7 Å². The first kappa shape index (κ1) is 20.6. The molecular weight excluding hydrogens is 296 g/mol. The molecule has 0 unspecified atom stereocenters. The van der Waals surface area contributed by atoms with Crippen LogP contribution >= 0.6 is 0 Å². The van der Waals surface area contributed by atoms with Gasteiger partial charge in [-0.15, -0.1) is 0 Å². The van der Waals surface area contributed by atoms with Crippen molar-refractivity contribution in [2.45, 2.75) is 77.6 Å². The van der Waals surface area contributed by atoms with Gasteiger partial charge < -0.3 is 18.9 Å². The maximum Gasteiger partial charge on any atom is 0.134 e. The summed E-state index contributed by atoms with van der Waals surface area (Å²) in [6.07, 6.45) is 6.49. The third-order valence-electron chi connectivity index (χ3n) is 3.96. The van der Waals surface area contributed by atoms with Gasteiger partial charge in [-0.3, -0.25) is 4.79 Å². The van der Waals surface area contributed by atoms with Crippen molar-refractivity contribution >= 4 is 5.78 Å². The Kier molecular flexibility index (Phi) is 11.5. The summed E-state index contributed by atoms with van der Waals surface area (Å²) < 4.78 is 22.5. The van der Waals surface area contributed by atoms with E-state index in [1.165, 1.54) is 0 Å². The van der Waals surface area contributed by atoms with E-state index in [0.29, 0.717) is 64.2 Å². The number of ketones is 1. The smallest absolute Gasteiger partial charge is 0.134 e. The van der Waals surface area contributed by atoms with Gasteiger partial charge in [0.05, 0.1) is 51.3 Å². The Bertz CT molecular complexity index is 298. The monoisotopic (exact) mass is 330 g/mol. The molecule has 0 radical (unpaired) electrons. The van der Waals surface area contributed by atoms with Crippen LogP contribution in [0, 0.1) is 0 Å². The molecule has 5 nitrogen and oxygen atoms in total. The molecule has 1 rings (SSSR count). The van der Waals surface area contributed by atoms with Crippen LogP contribution in [0.25, 0.3) is 0 Å². The predicted molar refractivity (Wildman–Crippen MR) is 89.8 cm³/mol. The topological polar surface area (TPSA) is 54.0 Å². The van der Waals surface area contributed by atoms with Crippen molar-refractivity contribution in [2.24, 2.45) is 0 Å². The lowest BCUT2D eigenvalue weighted by Crippen LogP contribution is -2.29. The van der Waals surface area contributed by atoms with Gasteiger partial charge in [-0.25, -0.2) is 0 Å². The maximum absolute atomic E-state index is 11.1. The van der Waals surface area contributed by atoms with Crippen LogP contribution in [0.15, 0.2) is 0 Å². The Morgan fingerprint density at radius 3 is 2.09 bits per heavy atom. The Balaban J connectivity index is 1.86. The van der Waals surface area contributed by atoms with Gasteiger partial charge in [0.15, 0.2) is 0 Å². The van der Waals surface area contributed by atoms with Crippen molar-refractivity contribution in [3.63, 3.8) is 0 Å². The molecule has 0 aromatic heterocycles. The van der Waals surface area contributed by atoms with Gasteiger partial charge in [-0.2, -0.15) is 0 Å². The molecule has 0 saturated heterocycles. The fourth-order valence-corrected chi connectivity index (χ4v) is 2.68. The molecule has 1 fully saturated rings. The van der Waals surface area contributed by atoms with Crippen molar-refractivity contribution in [3.8, 4) is 0 Å². The first-order valence-corrected chi connectivity index (χ1v) is 9.06. The number of ether oxygens (including phenoxy) is 4. The number of hydrogen-bond donors (Lipinski definition) is 0. The molecule has 0 bridgehead atoms. The third kappa shape index (κ3) is 10.8. The molecule has 0 aliphatic heterocycles. The van der Waals surface area contributed by atoms with Crippen molar-refractivity contribution in [1.82, 2.24) is 0 Å². The summed E-state index contributed by atoms with van der Waals surface area (Å²) in [7, 11) is 0. The molecule has 1 aliphatic rings. The van der Waals surface area contributed by atoms with E-state index < -0.39 is 0 Å². The molecule has 1 saturated carbocycles. The minimum atomic E-state index is 0.243. The van der Waals surface area contributed by atoms with Crippen molar-refractivity contribution in [1.29, 1.82) is 0 Å². The fraction of sp³-hybridized carbons (Fsp3) is 0.944. The lowest BCUT2D eigenvalue weighted by molar-refractivity contribution is -0.120. The van der Waals surface area contributed by atoms with Gasteiger partial charge in [0, 0.05) is 12.8 Å². The second kappa shape index (κ2) is 12.9. The predicted octanol–water partition coefficient (Wildman–Crippen LogP) is 3.14. The highest BCUT2D eigenvalue weighted by atomic mass is 16.5. The summed E-state index contributed by atoms with van der Waals surface area (Å²) in [5.74, 6) is 0.243. The normalized spacial score (nSPS) is 21.7. The quantitative estimate of drug-likeness (QED) is 0.486. The zero-order chi connectivity index (χ0) is 16.9. The molecule has 0 atom stereocenters. The standard InChI is InChI=1S/C18H34O5/c1-4-16(19)9-10-20-11-12-21-13-14-22-17-5-7-18(8-6-17)23-15(2)3/h15,17-18H,4-14H2,1-3H3. The lowest BCUT2D eigenvalue weighted by atomic mass is 9.95. The summed E-state index contributed by atoms with van der Waals surface area (Å²) in [5, 5.41) is 0. The van der Waals surface area contributed by atoms with E-state index in [-0.39, 0.29) is 5.78 Å². The molecule has 23 heavy (non-hydrogen) atoms.